The van der Waals surface area contributed by atoms with E-state index in [2.05, 4.69) is 0 Å². The summed E-state index contributed by atoms with van der Waals surface area (Å²) in [6.45, 7) is 0. The summed E-state index contributed by atoms with van der Waals surface area (Å²) in [7, 11) is 0. The Balaban J connectivity index is -0.00000000500. The molecule has 1 nitrogen and oxygen atoms in total. The van der Waals surface area contributed by atoms with E-state index < -0.39 is 0 Å². The van der Waals surface area contributed by atoms with Crippen LogP contribution >= 0.6 is 0 Å². The van der Waals surface area contributed by atoms with Crippen LogP contribution in [-0.2, 0) is 40.2 Å². The van der Waals surface area contributed by atoms with Crippen LogP contribution in [0.1, 0.15) is 0 Å². The first-order valence-electron chi connectivity index (χ1n) is 0.167. The molecule has 0 N–H and O–H groups in total. The molecule has 0 saturated carbocycles. The summed E-state index contributed by atoms with van der Waals surface area (Å²) < 4.78 is 8.26. The van der Waals surface area contributed by atoms with Gasteiger partial charge in [0.2, 0.25) is 0 Å². The molecule has 0 aliphatic rings. The maximum absolute atomic E-state index is 8.26. The van der Waals surface area contributed by atoms with Crippen molar-refractivity contribution in [2.75, 3.05) is 0 Å². The Labute approximate surface area is 83.9 Å². The molecule has 0 atom stereocenters. The van der Waals surface area contributed by atoms with Gasteiger partial charge in [0.15, 0.2) is 0 Å². The van der Waals surface area contributed by atoms with Gasteiger partial charge in [-0.1, -0.05) is 0 Å². The van der Waals surface area contributed by atoms with E-state index >= 15 is 0 Å². The molecule has 4 heteroatoms. The first-order valence-corrected chi connectivity index (χ1v) is 0.986. The van der Waals surface area contributed by atoms with Crippen LogP contribution in [-0.4, -0.2) is 45.5 Å². The van der Waals surface area contributed by atoms with Gasteiger partial charge in [-0.25, -0.2) is 0 Å². The molecule has 0 unspecified atom stereocenters. The van der Waals surface area contributed by atoms with E-state index in [9.17, 15) is 0 Å². The zero-order chi connectivity index (χ0) is 2.00. The zero-order valence-electron chi connectivity index (χ0n) is 1.88. The predicted molar refractivity (Wildman–Crippen MR) is 6.44 cm³/mol. The minimum absolute atomic E-state index is 0. The van der Waals surface area contributed by atoms with Gasteiger partial charge in [-0.15, -0.1) is 0 Å². The van der Waals surface area contributed by atoms with Gasteiger partial charge >= 0.3 is 23.2 Å². The Morgan fingerprint density at radius 1 is 1.25 bits per heavy atom. The van der Waals surface area contributed by atoms with E-state index in [-0.39, 0.29) is 62.6 Å². The molecule has 0 aromatic heterocycles. The molecule has 0 aromatic rings. The van der Waals surface area contributed by atoms with Crippen molar-refractivity contribution >= 4 is 45.5 Å². The quantitative estimate of drug-likeness (QED) is 0.533. The monoisotopic (exact) mass is 258 g/mol. The fourth-order valence-electron chi connectivity index (χ4n) is 0. The molecular weight excluding hydrogens is 255 g/mol. The van der Waals surface area contributed by atoms with Gasteiger partial charge < -0.3 is 0 Å². The van der Waals surface area contributed by atoms with Gasteiger partial charge in [0, 0.05) is 62.6 Å². The number of hydrogen-bond donors (Lipinski definition) is 0. The Kier molecular flexibility index (Phi) is 71.7. The molecule has 0 aliphatic carbocycles. The van der Waals surface area contributed by atoms with Gasteiger partial charge in [0.1, 0.15) is 0 Å². The Bertz CT molecular complexity index is 8.00. The normalized spacial score (nSPS) is 1.00. The summed E-state index contributed by atoms with van der Waals surface area (Å²) in [6.07, 6.45) is 0. The van der Waals surface area contributed by atoms with Crippen LogP contribution in [0, 0.1) is 0 Å². The maximum atomic E-state index is 8.26. The molecule has 0 bridgehead atoms. The second-order valence-electron chi connectivity index (χ2n) is 0. The van der Waals surface area contributed by atoms with Crippen LogP contribution in [0.3, 0.4) is 0 Å². The van der Waals surface area contributed by atoms with Gasteiger partial charge in [-0.3, -0.25) is 0 Å². The second-order valence-corrected chi connectivity index (χ2v) is 0. The van der Waals surface area contributed by atoms with Crippen molar-refractivity contribution in [3.63, 3.8) is 0 Å². The minimum Gasteiger partial charge on any atom is 0 e. The average Bonchev–Trinajstić information content (AvgIpc) is 1.00. The molecule has 0 rings (SSSR count). The zero-order valence-corrected chi connectivity index (χ0v) is 8.46. The van der Waals surface area contributed by atoms with Crippen LogP contribution in [0.25, 0.3) is 0 Å². The van der Waals surface area contributed by atoms with E-state index in [0.29, 0.717) is 19.8 Å². The van der Waals surface area contributed by atoms with Gasteiger partial charge in [0.25, 0.3) is 0 Å². The SMILES string of the molecule is [Fe].[O]=[Mo].[Sr]. The fourth-order valence-corrected chi connectivity index (χ4v) is 0. The van der Waals surface area contributed by atoms with Crippen LogP contribution in [0.4, 0.5) is 0 Å². The molecule has 0 heterocycles. The van der Waals surface area contributed by atoms with Crippen LogP contribution in [0.15, 0.2) is 0 Å². The third-order valence-corrected chi connectivity index (χ3v) is 0. The minimum atomic E-state index is 0. The third-order valence-electron chi connectivity index (χ3n) is 0. The van der Waals surface area contributed by atoms with Crippen molar-refractivity contribution < 1.29 is 40.2 Å². The van der Waals surface area contributed by atoms with Gasteiger partial charge in [-0.05, 0) is 0 Å². The van der Waals surface area contributed by atoms with Gasteiger partial charge in [-0.2, -0.15) is 0 Å². The van der Waals surface area contributed by atoms with Crippen molar-refractivity contribution in [3.05, 3.63) is 0 Å². The largest absolute Gasteiger partial charge is 0 e. The summed E-state index contributed by atoms with van der Waals surface area (Å²) >= 11 is 0.700. The number of hydrogen-bond acceptors (Lipinski definition) is 1. The predicted octanol–water partition coefficient (Wildman–Crippen LogP) is -0.505. The van der Waals surface area contributed by atoms with Crippen LogP contribution in [0.2, 0.25) is 0 Å². The molecular formula is FeMoOSr. The molecule has 0 aliphatic heterocycles. The molecule has 0 aromatic carbocycles. The standard InChI is InChI=1S/Fe.Mo.O.Sr. The van der Waals surface area contributed by atoms with E-state index in [0.717, 1.165) is 0 Å². The first-order chi connectivity index (χ1) is 1.00. The Hall–Kier alpha value is 2.49. The smallest absolute Gasteiger partial charge is 0 e. The number of rotatable bonds is 0. The van der Waals surface area contributed by atoms with Crippen molar-refractivity contribution in [1.29, 1.82) is 0 Å². The maximum Gasteiger partial charge on any atom is 0 e. The van der Waals surface area contributed by atoms with Crippen LogP contribution < -0.4 is 0 Å². The molecule has 2 radical (unpaired) electrons. The van der Waals surface area contributed by atoms with E-state index in [1.54, 1.807) is 0 Å². The summed E-state index contributed by atoms with van der Waals surface area (Å²) in [6, 6.07) is 0. The molecule has 0 spiro atoms. The topological polar surface area (TPSA) is 17.1 Å². The van der Waals surface area contributed by atoms with Crippen molar-refractivity contribution in [2.45, 2.75) is 0 Å². The summed E-state index contributed by atoms with van der Waals surface area (Å²) in [5.74, 6) is 0. The van der Waals surface area contributed by atoms with E-state index in [4.69, 9.17) is 3.40 Å². The molecule has 4 heavy (non-hydrogen) atoms. The van der Waals surface area contributed by atoms with E-state index in [1.165, 1.54) is 0 Å². The second kappa shape index (κ2) is 17.9. The summed E-state index contributed by atoms with van der Waals surface area (Å²) in [5.41, 5.74) is 0. The Morgan fingerprint density at radius 3 is 1.25 bits per heavy atom. The molecule has 22 valence electrons. The van der Waals surface area contributed by atoms with Crippen molar-refractivity contribution in [3.8, 4) is 0 Å². The summed E-state index contributed by atoms with van der Waals surface area (Å²) in [5, 5.41) is 0. The molecule has 0 fully saturated rings. The van der Waals surface area contributed by atoms with Crippen molar-refractivity contribution in [2.24, 2.45) is 0 Å². The molecule has 0 amide bonds. The average molecular weight is 255 g/mol. The fraction of sp³-hybridized carbons (Fsp3) is 0. The molecule has 0 saturated heterocycles. The van der Waals surface area contributed by atoms with Crippen LogP contribution in [0.5, 0.6) is 0 Å². The van der Waals surface area contributed by atoms with E-state index in [1.807, 2.05) is 0 Å². The summed E-state index contributed by atoms with van der Waals surface area (Å²) in [4.78, 5) is 0. The van der Waals surface area contributed by atoms with Gasteiger partial charge in [0.05, 0.1) is 0 Å². The first kappa shape index (κ1) is 16.1. The van der Waals surface area contributed by atoms with Crippen molar-refractivity contribution in [1.82, 2.24) is 0 Å². The Morgan fingerprint density at radius 2 is 1.25 bits per heavy atom. The third kappa shape index (κ3) is 8.82.